The molecule has 0 bridgehead atoms. The molecular formula is C16H17FN2O6S. The van der Waals surface area contributed by atoms with Gasteiger partial charge in [-0.2, -0.15) is 0 Å². The van der Waals surface area contributed by atoms with E-state index in [1.165, 1.54) is 18.4 Å². The second kappa shape index (κ2) is 8.59. The molecule has 0 fully saturated rings. The van der Waals surface area contributed by atoms with Crippen molar-refractivity contribution in [3.8, 4) is 0 Å². The zero-order chi connectivity index (χ0) is 19.2. The van der Waals surface area contributed by atoms with Crippen LogP contribution in [0.4, 0.5) is 4.39 Å². The van der Waals surface area contributed by atoms with E-state index in [2.05, 4.69) is 10.6 Å². The van der Waals surface area contributed by atoms with Gasteiger partial charge in [-0.15, -0.1) is 0 Å². The molecule has 0 aliphatic heterocycles. The van der Waals surface area contributed by atoms with Gasteiger partial charge in [0.15, 0.2) is 9.84 Å². The highest BCUT2D eigenvalue weighted by molar-refractivity contribution is 7.91. The number of benzene rings is 1. The first kappa shape index (κ1) is 19.6. The first-order valence-electron chi connectivity index (χ1n) is 7.56. The molecule has 0 saturated heterocycles. The van der Waals surface area contributed by atoms with Crippen LogP contribution in [-0.4, -0.2) is 45.0 Å². The predicted molar refractivity (Wildman–Crippen MR) is 88.1 cm³/mol. The third-order valence-electron chi connectivity index (χ3n) is 3.43. The van der Waals surface area contributed by atoms with Gasteiger partial charge in [0.05, 0.1) is 17.8 Å². The number of hydrogen-bond donors (Lipinski definition) is 3. The van der Waals surface area contributed by atoms with Crippen LogP contribution in [0.15, 0.2) is 52.0 Å². The second-order valence-electron chi connectivity index (χ2n) is 5.19. The number of nitrogens with one attached hydrogen (secondary N) is 2. The third-order valence-corrected chi connectivity index (χ3v) is 5.51. The van der Waals surface area contributed by atoms with Crippen LogP contribution in [0.2, 0.25) is 0 Å². The van der Waals surface area contributed by atoms with E-state index in [9.17, 15) is 22.4 Å². The zero-order valence-corrected chi connectivity index (χ0v) is 14.3. The Balaban J connectivity index is 2.21. The SMILES string of the molecule is O=C(NCCO)C(=O)NC[C@H](c1ccco1)S(=O)(=O)c1ccc(F)cc1. The Morgan fingerprint density at radius 2 is 1.77 bits per heavy atom. The summed E-state index contributed by atoms with van der Waals surface area (Å²) >= 11 is 0. The average molecular weight is 384 g/mol. The monoisotopic (exact) mass is 384 g/mol. The minimum absolute atomic E-state index is 0.0605. The van der Waals surface area contributed by atoms with E-state index in [0.717, 1.165) is 24.3 Å². The number of rotatable bonds is 7. The number of aliphatic hydroxyl groups excluding tert-OH is 1. The number of aliphatic hydroxyl groups is 1. The molecule has 2 amide bonds. The van der Waals surface area contributed by atoms with Crippen molar-refractivity contribution in [3.63, 3.8) is 0 Å². The average Bonchev–Trinajstić information content (AvgIpc) is 3.14. The van der Waals surface area contributed by atoms with Crippen molar-refractivity contribution in [2.75, 3.05) is 19.7 Å². The molecule has 0 aliphatic carbocycles. The molecule has 0 aliphatic rings. The lowest BCUT2D eigenvalue weighted by atomic mass is 10.3. The van der Waals surface area contributed by atoms with Crippen LogP contribution < -0.4 is 10.6 Å². The number of hydrogen-bond acceptors (Lipinski definition) is 6. The molecule has 3 N–H and O–H groups in total. The van der Waals surface area contributed by atoms with E-state index in [-0.39, 0.29) is 23.8 Å². The lowest BCUT2D eigenvalue weighted by Gasteiger charge is -2.16. The van der Waals surface area contributed by atoms with Gasteiger partial charge in [0.2, 0.25) is 0 Å². The Bertz CT molecular complexity index is 849. The van der Waals surface area contributed by atoms with Crippen LogP contribution in [0.25, 0.3) is 0 Å². The molecule has 1 atom stereocenters. The molecule has 1 heterocycles. The van der Waals surface area contributed by atoms with Crippen LogP contribution in [-0.2, 0) is 19.4 Å². The van der Waals surface area contributed by atoms with Gasteiger partial charge >= 0.3 is 11.8 Å². The van der Waals surface area contributed by atoms with E-state index in [1.54, 1.807) is 0 Å². The molecule has 8 nitrogen and oxygen atoms in total. The van der Waals surface area contributed by atoms with Crippen molar-refractivity contribution in [1.29, 1.82) is 0 Å². The fourth-order valence-corrected chi connectivity index (χ4v) is 3.73. The highest BCUT2D eigenvalue weighted by Gasteiger charge is 2.32. The van der Waals surface area contributed by atoms with Crippen molar-refractivity contribution in [2.24, 2.45) is 0 Å². The molecule has 10 heteroatoms. The zero-order valence-electron chi connectivity index (χ0n) is 13.5. The molecule has 0 spiro atoms. The van der Waals surface area contributed by atoms with Crippen molar-refractivity contribution in [1.82, 2.24) is 10.6 Å². The largest absolute Gasteiger partial charge is 0.468 e. The van der Waals surface area contributed by atoms with Crippen LogP contribution in [0, 0.1) is 5.82 Å². The van der Waals surface area contributed by atoms with Crippen molar-refractivity contribution < 1.29 is 31.9 Å². The fraction of sp³-hybridized carbons (Fsp3) is 0.250. The van der Waals surface area contributed by atoms with Crippen LogP contribution in [0.5, 0.6) is 0 Å². The summed E-state index contributed by atoms with van der Waals surface area (Å²) in [5.74, 6) is -2.58. The highest BCUT2D eigenvalue weighted by atomic mass is 32.2. The van der Waals surface area contributed by atoms with E-state index in [0.29, 0.717) is 0 Å². The standard InChI is InChI=1S/C16H17FN2O6S/c17-11-3-5-12(6-4-11)26(23,24)14(13-2-1-9-25-13)10-19-16(22)15(21)18-7-8-20/h1-6,9,14,20H,7-8,10H2,(H,18,21)(H,19,22)/t14-/m1/s1. The molecule has 140 valence electrons. The number of furan rings is 1. The van der Waals surface area contributed by atoms with Crippen LogP contribution >= 0.6 is 0 Å². The minimum Gasteiger partial charge on any atom is -0.468 e. The number of carbonyl (C=O) groups excluding carboxylic acids is 2. The summed E-state index contributed by atoms with van der Waals surface area (Å²) in [7, 11) is -4.03. The quantitative estimate of drug-likeness (QED) is 0.461. The maximum absolute atomic E-state index is 13.1. The molecule has 0 saturated carbocycles. The van der Waals surface area contributed by atoms with E-state index in [4.69, 9.17) is 9.52 Å². The summed E-state index contributed by atoms with van der Waals surface area (Å²) in [4.78, 5) is 23.1. The summed E-state index contributed by atoms with van der Waals surface area (Å²) in [6, 6.07) is 7.13. The fourth-order valence-electron chi connectivity index (χ4n) is 2.14. The summed E-state index contributed by atoms with van der Waals surface area (Å²) in [5, 5.41) is 11.7. The molecule has 26 heavy (non-hydrogen) atoms. The lowest BCUT2D eigenvalue weighted by Crippen LogP contribution is -2.43. The maximum Gasteiger partial charge on any atom is 0.309 e. The Kier molecular flexibility index (Phi) is 6.47. The van der Waals surface area contributed by atoms with Crippen molar-refractivity contribution in [3.05, 3.63) is 54.2 Å². The van der Waals surface area contributed by atoms with Crippen LogP contribution in [0.3, 0.4) is 0 Å². The predicted octanol–water partition coefficient (Wildman–Crippen LogP) is 0.158. The number of halogens is 1. The summed E-state index contributed by atoms with van der Waals surface area (Å²) < 4.78 is 43.9. The number of carbonyl (C=O) groups is 2. The molecule has 1 aromatic carbocycles. The topological polar surface area (TPSA) is 126 Å². The third kappa shape index (κ3) is 4.67. The van der Waals surface area contributed by atoms with E-state index in [1.807, 2.05) is 0 Å². The molecule has 0 radical (unpaired) electrons. The second-order valence-corrected chi connectivity index (χ2v) is 7.32. The van der Waals surface area contributed by atoms with Gasteiger partial charge < -0.3 is 20.2 Å². The first-order chi connectivity index (χ1) is 12.4. The van der Waals surface area contributed by atoms with Gasteiger partial charge in [0.25, 0.3) is 0 Å². The van der Waals surface area contributed by atoms with Gasteiger partial charge in [-0.1, -0.05) is 0 Å². The molecular weight excluding hydrogens is 367 g/mol. The summed E-state index contributed by atoms with van der Waals surface area (Å²) in [6.07, 6.45) is 1.28. The molecule has 1 aromatic heterocycles. The number of amides is 2. The first-order valence-corrected chi connectivity index (χ1v) is 9.10. The van der Waals surface area contributed by atoms with E-state index < -0.39 is 39.3 Å². The molecule has 2 rings (SSSR count). The van der Waals surface area contributed by atoms with Crippen molar-refractivity contribution >= 4 is 21.7 Å². The maximum atomic E-state index is 13.1. The van der Waals surface area contributed by atoms with Gasteiger partial charge in [0, 0.05) is 13.1 Å². The number of sulfone groups is 1. The minimum atomic E-state index is -4.03. The smallest absolute Gasteiger partial charge is 0.309 e. The molecule has 2 aromatic rings. The Morgan fingerprint density at radius 3 is 2.35 bits per heavy atom. The summed E-state index contributed by atoms with van der Waals surface area (Å²) in [5.41, 5.74) is 0. The lowest BCUT2D eigenvalue weighted by molar-refractivity contribution is -0.139. The van der Waals surface area contributed by atoms with Crippen molar-refractivity contribution in [2.45, 2.75) is 10.1 Å². The Morgan fingerprint density at radius 1 is 1.12 bits per heavy atom. The Hall–Kier alpha value is -2.72. The normalized spacial score (nSPS) is 12.4. The molecule has 0 unspecified atom stereocenters. The van der Waals surface area contributed by atoms with Crippen LogP contribution in [0.1, 0.15) is 11.0 Å². The Labute approximate surface area is 148 Å². The summed E-state index contributed by atoms with van der Waals surface area (Å²) in [6.45, 7) is -0.882. The van der Waals surface area contributed by atoms with Gasteiger partial charge in [-0.25, -0.2) is 12.8 Å². The highest BCUT2D eigenvalue weighted by Crippen LogP contribution is 2.29. The van der Waals surface area contributed by atoms with Gasteiger partial charge in [-0.05, 0) is 36.4 Å². The van der Waals surface area contributed by atoms with Gasteiger partial charge in [0.1, 0.15) is 16.8 Å². The van der Waals surface area contributed by atoms with Gasteiger partial charge in [-0.3, -0.25) is 9.59 Å². The van der Waals surface area contributed by atoms with E-state index >= 15 is 0 Å².